The topological polar surface area (TPSA) is 34.1 Å². The van der Waals surface area contributed by atoms with Gasteiger partial charge in [0.1, 0.15) is 18.2 Å². The summed E-state index contributed by atoms with van der Waals surface area (Å²) in [6, 6.07) is 1.75. The number of hydrogen-bond donors (Lipinski definition) is 1. The minimum atomic E-state index is -0.359. The fraction of sp³-hybridized carbons (Fsp3) is 0.500. The lowest BCUT2D eigenvalue weighted by atomic mass is 10.2. The van der Waals surface area contributed by atoms with Gasteiger partial charge >= 0.3 is 0 Å². The highest BCUT2D eigenvalue weighted by atomic mass is 19.1. The Morgan fingerprint density at radius 3 is 3.21 bits per heavy atom. The predicted molar refractivity (Wildman–Crippen MR) is 50.7 cm³/mol. The van der Waals surface area contributed by atoms with Crippen molar-refractivity contribution in [3.05, 3.63) is 24.3 Å². The number of rotatable bonds is 3. The van der Waals surface area contributed by atoms with Crippen LogP contribution >= 0.6 is 0 Å². The van der Waals surface area contributed by atoms with Gasteiger partial charge in [-0.25, -0.2) is 4.39 Å². The summed E-state index contributed by atoms with van der Waals surface area (Å²) in [4.78, 5) is 3.71. The molecule has 1 aliphatic heterocycles. The normalized spacial score (nSPS) is 21.1. The van der Waals surface area contributed by atoms with Crippen molar-refractivity contribution in [1.29, 1.82) is 0 Å². The predicted octanol–water partition coefficient (Wildman–Crippen LogP) is 1.35. The fourth-order valence-corrected chi connectivity index (χ4v) is 1.57. The Morgan fingerprint density at radius 2 is 2.50 bits per heavy atom. The third-order valence-electron chi connectivity index (χ3n) is 2.29. The van der Waals surface area contributed by atoms with E-state index in [0.29, 0.717) is 18.4 Å². The lowest BCUT2D eigenvalue weighted by Crippen LogP contribution is -2.28. The van der Waals surface area contributed by atoms with E-state index < -0.39 is 0 Å². The van der Waals surface area contributed by atoms with Gasteiger partial charge in [-0.1, -0.05) is 0 Å². The summed E-state index contributed by atoms with van der Waals surface area (Å²) in [6.07, 6.45) is 5.01. The number of nitrogens with zero attached hydrogens (tertiary/aromatic N) is 1. The van der Waals surface area contributed by atoms with Gasteiger partial charge in [0.15, 0.2) is 0 Å². The Kier molecular flexibility index (Phi) is 2.93. The molecule has 0 spiro atoms. The van der Waals surface area contributed by atoms with Crippen LogP contribution in [0.1, 0.15) is 12.8 Å². The van der Waals surface area contributed by atoms with Crippen molar-refractivity contribution in [3.63, 3.8) is 0 Å². The molecule has 14 heavy (non-hydrogen) atoms. The van der Waals surface area contributed by atoms with Crippen molar-refractivity contribution >= 4 is 0 Å². The maximum Gasteiger partial charge on any atom is 0.145 e. The summed E-state index contributed by atoms with van der Waals surface area (Å²) in [5.41, 5.74) is 0. The Morgan fingerprint density at radius 1 is 1.57 bits per heavy atom. The second-order valence-corrected chi connectivity index (χ2v) is 3.44. The van der Waals surface area contributed by atoms with E-state index in [0.717, 1.165) is 13.0 Å². The smallest absolute Gasteiger partial charge is 0.145 e. The summed E-state index contributed by atoms with van der Waals surface area (Å²) >= 11 is 0. The maximum absolute atomic E-state index is 12.7. The number of aromatic nitrogens is 1. The summed E-state index contributed by atoms with van der Waals surface area (Å²) < 4.78 is 18.1. The van der Waals surface area contributed by atoms with E-state index in [9.17, 15) is 4.39 Å². The van der Waals surface area contributed by atoms with Crippen LogP contribution < -0.4 is 10.1 Å². The van der Waals surface area contributed by atoms with Gasteiger partial charge in [-0.15, -0.1) is 0 Å². The number of halogens is 1. The lowest BCUT2D eigenvalue weighted by molar-refractivity contribution is 0.275. The largest absolute Gasteiger partial charge is 0.490 e. The van der Waals surface area contributed by atoms with E-state index >= 15 is 0 Å². The highest BCUT2D eigenvalue weighted by Gasteiger charge is 2.14. The molecule has 1 aromatic rings. The molecule has 0 amide bonds. The van der Waals surface area contributed by atoms with Crippen molar-refractivity contribution in [3.8, 4) is 5.75 Å². The SMILES string of the molecule is Fc1cncc(OC[C@@H]2CCCN2)c1. The number of nitrogens with one attached hydrogen (secondary N) is 1. The molecule has 0 radical (unpaired) electrons. The molecule has 0 saturated carbocycles. The van der Waals surface area contributed by atoms with Gasteiger partial charge in [-0.3, -0.25) is 4.98 Å². The molecule has 1 fully saturated rings. The highest BCUT2D eigenvalue weighted by molar-refractivity contribution is 5.16. The average Bonchev–Trinajstić information content (AvgIpc) is 2.67. The Balaban J connectivity index is 1.85. The van der Waals surface area contributed by atoms with E-state index in [4.69, 9.17) is 4.74 Å². The standard InChI is InChI=1S/C10H13FN2O/c11-8-4-10(6-12-5-8)14-7-9-2-1-3-13-9/h4-6,9,13H,1-3,7H2/t9-/m0/s1. The molecular weight excluding hydrogens is 183 g/mol. The minimum Gasteiger partial charge on any atom is -0.490 e. The van der Waals surface area contributed by atoms with Crippen molar-refractivity contribution in [2.75, 3.05) is 13.2 Å². The van der Waals surface area contributed by atoms with Gasteiger partial charge in [-0.05, 0) is 19.4 Å². The molecule has 0 aliphatic carbocycles. The second-order valence-electron chi connectivity index (χ2n) is 3.44. The van der Waals surface area contributed by atoms with Crippen molar-refractivity contribution in [2.45, 2.75) is 18.9 Å². The average molecular weight is 196 g/mol. The first-order chi connectivity index (χ1) is 6.84. The van der Waals surface area contributed by atoms with Crippen LogP contribution in [-0.2, 0) is 0 Å². The number of ether oxygens (including phenoxy) is 1. The summed E-state index contributed by atoms with van der Waals surface area (Å²) in [5, 5.41) is 3.30. The zero-order chi connectivity index (χ0) is 9.80. The fourth-order valence-electron chi connectivity index (χ4n) is 1.57. The summed E-state index contributed by atoms with van der Waals surface area (Å²) in [5.74, 6) is 0.139. The molecule has 2 heterocycles. The zero-order valence-corrected chi connectivity index (χ0v) is 7.87. The molecule has 1 N–H and O–H groups in total. The lowest BCUT2D eigenvalue weighted by Gasteiger charge is -2.11. The molecule has 2 rings (SSSR count). The van der Waals surface area contributed by atoms with E-state index in [1.54, 1.807) is 0 Å². The molecule has 76 valence electrons. The molecule has 1 saturated heterocycles. The quantitative estimate of drug-likeness (QED) is 0.792. The van der Waals surface area contributed by atoms with Crippen LogP contribution in [0.3, 0.4) is 0 Å². The van der Waals surface area contributed by atoms with Crippen LogP contribution in [-0.4, -0.2) is 24.2 Å². The Bertz CT molecular complexity index is 300. The number of pyridine rings is 1. The molecule has 4 heteroatoms. The third kappa shape index (κ3) is 2.42. The Hall–Kier alpha value is -1.16. The van der Waals surface area contributed by atoms with Gasteiger partial charge in [0, 0.05) is 12.1 Å². The molecule has 1 aromatic heterocycles. The van der Waals surface area contributed by atoms with E-state index in [-0.39, 0.29) is 5.82 Å². The molecule has 0 unspecified atom stereocenters. The molecular formula is C10H13FN2O. The molecule has 3 nitrogen and oxygen atoms in total. The highest BCUT2D eigenvalue weighted by Crippen LogP contribution is 2.12. The van der Waals surface area contributed by atoms with Gasteiger partial charge in [0.25, 0.3) is 0 Å². The first-order valence-electron chi connectivity index (χ1n) is 4.81. The maximum atomic E-state index is 12.7. The van der Waals surface area contributed by atoms with E-state index in [2.05, 4.69) is 10.3 Å². The molecule has 0 bridgehead atoms. The first-order valence-corrected chi connectivity index (χ1v) is 4.81. The monoisotopic (exact) mass is 196 g/mol. The minimum absolute atomic E-state index is 0.359. The van der Waals surface area contributed by atoms with Crippen molar-refractivity contribution in [1.82, 2.24) is 10.3 Å². The zero-order valence-electron chi connectivity index (χ0n) is 7.87. The van der Waals surface area contributed by atoms with Gasteiger partial charge in [0.05, 0.1) is 12.4 Å². The van der Waals surface area contributed by atoms with Crippen molar-refractivity contribution < 1.29 is 9.13 Å². The van der Waals surface area contributed by atoms with Crippen LogP contribution in [0.5, 0.6) is 5.75 Å². The van der Waals surface area contributed by atoms with Gasteiger partial charge < -0.3 is 10.1 Å². The van der Waals surface area contributed by atoms with E-state index in [1.165, 1.54) is 24.9 Å². The Labute approximate surface area is 82.3 Å². The van der Waals surface area contributed by atoms with Crippen LogP contribution in [0.2, 0.25) is 0 Å². The first kappa shape index (κ1) is 9.40. The van der Waals surface area contributed by atoms with Crippen molar-refractivity contribution in [2.24, 2.45) is 0 Å². The van der Waals surface area contributed by atoms with Gasteiger partial charge in [0.2, 0.25) is 0 Å². The van der Waals surface area contributed by atoms with Crippen LogP contribution in [0.25, 0.3) is 0 Å². The summed E-state index contributed by atoms with van der Waals surface area (Å²) in [6.45, 7) is 1.64. The van der Waals surface area contributed by atoms with E-state index in [1.807, 2.05) is 0 Å². The summed E-state index contributed by atoms with van der Waals surface area (Å²) in [7, 11) is 0. The third-order valence-corrected chi connectivity index (χ3v) is 2.29. The van der Waals surface area contributed by atoms with Crippen LogP contribution in [0, 0.1) is 5.82 Å². The molecule has 1 aliphatic rings. The molecule has 0 aromatic carbocycles. The molecule has 1 atom stereocenters. The number of hydrogen-bond acceptors (Lipinski definition) is 3. The van der Waals surface area contributed by atoms with Crippen LogP contribution in [0.15, 0.2) is 18.5 Å². The second kappa shape index (κ2) is 4.37. The van der Waals surface area contributed by atoms with Gasteiger partial charge in [-0.2, -0.15) is 0 Å². The van der Waals surface area contributed by atoms with Crippen LogP contribution in [0.4, 0.5) is 4.39 Å².